The minimum absolute atomic E-state index is 0.427. The number of aliphatic imine (C=N–C) groups is 2. The Bertz CT molecular complexity index is 2270. The van der Waals surface area contributed by atoms with Gasteiger partial charge in [0.2, 0.25) is 0 Å². The summed E-state index contributed by atoms with van der Waals surface area (Å²) >= 11 is 0. The van der Waals surface area contributed by atoms with Crippen LogP contribution in [0.2, 0.25) is 0 Å². The van der Waals surface area contributed by atoms with Gasteiger partial charge in [0.25, 0.3) is 0 Å². The van der Waals surface area contributed by atoms with Gasteiger partial charge in [-0.15, -0.1) is 0 Å². The van der Waals surface area contributed by atoms with E-state index in [2.05, 4.69) is 121 Å². The topological polar surface area (TPSA) is 62.5 Å². The largest absolute Gasteiger partial charge is 0.324 e. The molecule has 0 amide bonds. The number of rotatable bonds is 5. The first kappa shape index (κ1) is 27.6. The summed E-state index contributed by atoms with van der Waals surface area (Å²) < 4.78 is 0. The van der Waals surface area contributed by atoms with Crippen LogP contribution in [0.25, 0.3) is 44.1 Å². The van der Waals surface area contributed by atoms with Crippen LogP contribution in [0.3, 0.4) is 0 Å². The Balaban J connectivity index is 1.30. The maximum atomic E-state index is 5.25. The van der Waals surface area contributed by atoms with Gasteiger partial charge in [0.1, 0.15) is 11.7 Å². The number of benzene rings is 5. The molecule has 1 aliphatic heterocycles. The highest BCUT2D eigenvalue weighted by atomic mass is 15.2. The van der Waals surface area contributed by atoms with Crippen molar-refractivity contribution < 1.29 is 0 Å². The molecule has 5 heteroatoms. The Morgan fingerprint density at radius 1 is 0.435 bits per heavy atom. The molecule has 3 heterocycles. The van der Waals surface area contributed by atoms with Crippen LogP contribution in [-0.2, 0) is 0 Å². The molecule has 0 saturated heterocycles. The Hall–Kier alpha value is -5.94. The predicted octanol–water partition coefficient (Wildman–Crippen LogP) is 9.23. The Labute approximate surface area is 268 Å². The van der Waals surface area contributed by atoms with Gasteiger partial charge in [-0.1, -0.05) is 84.9 Å². The van der Waals surface area contributed by atoms with Crippen molar-refractivity contribution in [2.24, 2.45) is 9.98 Å². The van der Waals surface area contributed by atoms with Crippen LogP contribution in [-0.4, -0.2) is 21.6 Å². The van der Waals surface area contributed by atoms with Crippen molar-refractivity contribution in [2.45, 2.75) is 20.0 Å². The van der Waals surface area contributed by atoms with Gasteiger partial charge in [-0.25, -0.2) is 9.98 Å². The van der Waals surface area contributed by atoms with Gasteiger partial charge in [-0.2, -0.15) is 0 Å². The second-order valence-electron chi connectivity index (χ2n) is 11.8. The third-order valence-electron chi connectivity index (χ3n) is 8.41. The smallest absolute Gasteiger partial charge is 0.169 e. The van der Waals surface area contributed by atoms with E-state index in [0.29, 0.717) is 0 Å². The molecule has 1 unspecified atom stereocenters. The molecule has 5 aromatic carbocycles. The Morgan fingerprint density at radius 2 is 0.957 bits per heavy atom. The zero-order chi connectivity index (χ0) is 31.0. The van der Waals surface area contributed by atoms with Crippen molar-refractivity contribution in [3.63, 3.8) is 0 Å². The molecule has 5 nitrogen and oxygen atoms in total. The van der Waals surface area contributed by atoms with Crippen LogP contribution < -0.4 is 5.32 Å². The molecule has 1 N–H and O–H groups in total. The number of hydrogen-bond donors (Lipinski definition) is 1. The monoisotopic (exact) mass is 593 g/mol. The molecule has 0 radical (unpaired) electrons. The van der Waals surface area contributed by atoms with E-state index >= 15 is 0 Å². The van der Waals surface area contributed by atoms with Gasteiger partial charge < -0.3 is 5.32 Å². The van der Waals surface area contributed by atoms with E-state index in [1.54, 1.807) is 0 Å². The van der Waals surface area contributed by atoms with Crippen molar-refractivity contribution in [2.75, 3.05) is 0 Å². The molecule has 0 spiro atoms. The number of aromatic nitrogens is 2. The lowest BCUT2D eigenvalue weighted by Gasteiger charge is -2.23. The second-order valence-corrected chi connectivity index (χ2v) is 11.8. The molecular formula is C41H31N5. The highest BCUT2D eigenvalue weighted by Crippen LogP contribution is 2.31. The number of fused-ring (bicyclic) bond motifs is 2. The van der Waals surface area contributed by atoms with Crippen LogP contribution in [0.1, 0.15) is 34.2 Å². The molecule has 46 heavy (non-hydrogen) atoms. The number of aryl methyl sites for hydroxylation is 2. The van der Waals surface area contributed by atoms with Gasteiger partial charge in [-0.3, -0.25) is 9.97 Å². The summed E-state index contributed by atoms with van der Waals surface area (Å²) in [4.78, 5) is 20.2. The van der Waals surface area contributed by atoms with E-state index in [0.717, 1.165) is 73.0 Å². The predicted molar refractivity (Wildman–Crippen MR) is 189 cm³/mol. The quantitative estimate of drug-likeness (QED) is 0.216. The number of amidine groups is 2. The number of nitrogens with zero attached hydrogens (tertiary/aromatic N) is 4. The minimum atomic E-state index is -0.427. The normalized spacial score (nSPS) is 14.5. The van der Waals surface area contributed by atoms with Gasteiger partial charge in [0.05, 0.1) is 11.4 Å². The first-order valence-corrected chi connectivity index (χ1v) is 15.5. The van der Waals surface area contributed by atoms with Gasteiger partial charge >= 0.3 is 0 Å². The summed E-state index contributed by atoms with van der Waals surface area (Å²) in [5.41, 5.74) is 8.73. The zero-order valence-corrected chi connectivity index (χ0v) is 25.6. The molecule has 220 valence electrons. The van der Waals surface area contributed by atoms with Crippen molar-refractivity contribution in [3.8, 4) is 22.5 Å². The van der Waals surface area contributed by atoms with Crippen LogP contribution in [0, 0.1) is 13.8 Å². The van der Waals surface area contributed by atoms with Crippen molar-refractivity contribution in [1.82, 2.24) is 15.3 Å². The maximum Gasteiger partial charge on any atom is 0.169 e. The fraction of sp³-hybridized carbons (Fsp3) is 0.0732. The van der Waals surface area contributed by atoms with E-state index in [1.165, 1.54) is 10.8 Å². The maximum absolute atomic E-state index is 5.25. The van der Waals surface area contributed by atoms with Crippen LogP contribution in [0.5, 0.6) is 0 Å². The summed E-state index contributed by atoms with van der Waals surface area (Å²) in [5, 5.41) is 8.34. The number of hydrogen-bond acceptors (Lipinski definition) is 5. The van der Waals surface area contributed by atoms with Crippen molar-refractivity contribution in [3.05, 3.63) is 168 Å². The van der Waals surface area contributed by atoms with Gasteiger partial charge in [0.15, 0.2) is 6.17 Å². The molecule has 2 aromatic heterocycles. The van der Waals surface area contributed by atoms with Gasteiger partial charge in [0, 0.05) is 33.6 Å². The third-order valence-corrected chi connectivity index (χ3v) is 8.41. The lowest BCUT2D eigenvalue weighted by molar-refractivity contribution is 0.757. The average molecular weight is 594 g/mol. The van der Waals surface area contributed by atoms with Crippen molar-refractivity contribution >= 4 is 33.2 Å². The molecule has 0 bridgehead atoms. The zero-order valence-electron chi connectivity index (χ0n) is 25.6. The molecule has 0 fully saturated rings. The summed E-state index contributed by atoms with van der Waals surface area (Å²) in [6.07, 6.45) is -0.427. The summed E-state index contributed by atoms with van der Waals surface area (Å²) in [5.74, 6) is 1.53. The molecule has 1 aliphatic rings. The number of nitrogens with one attached hydrogen (secondary N) is 1. The Morgan fingerprint density at radius 3 is 1.57 bits per heavy atom. The SMILES string of the molecule is Cc1cccc(-c2cc(C3=NC(c4ccc5ccccc5c4)N=C(c4ccc5ccccc5c4)N3)cc(-c3cccc(C)n3)c2)n1. The minimum Gasteiger partial charge on any atom is -0.324 e. The highest BCUT2D eigenvalue weighted by molar-refractivity contribution is 6.17. The van der Waals surface area contributed by atoms with E-state index < -0.39 is 6.17 Å². The van der Waals surface area contributed by atoms with E-state index in [1.807, 2.05) is 38.1 Å². The number of pyridine rings is 2. The fourth-order valence-electron chi connectivity index (χ4n) is 6.07. The fourth-order valence-corrected chi connectivity index (χ4v) is 6.07. The lowest BCUT2D eigenvalue weighted by atomic mass is 9.99. The molecular weight excluding hydrogens is 562 g/mol. The molecule has 0 saturated carbocycles. The van der Waals surface area contributed by atoms with Crippen LogP contribution in [0.15, 0.2) is 150 Å². The van der Waals surface area contributed by atoms with Crippen molar-refractivity contribution in [1.29, 1.82) is 0 Å². The van der Waals surface area contributed by atoms with Gasteiger partial charge in [-0.05, 0) is 95.6 Å². The first-order valence-electron chi connectivity index (χ1n) is 15.5. The average Bonchev–Trinajstić information content (AvgIpc) is 3.11. The summed E-state index contributed by atoms with van der Waals surface area (Å²) in [6, 6.07) is 48.5. The molecule has 7 aromatic rings. The first-order chi connectivity index (χ1) is 22.6. The van der Waals surface area contributed by atoms with E-state index in [4.69, 9.17) is 20.0 Å². The van der Waals surface area contributed by atoms with Crippen LogP contribution in [0.4, 0.5) is 0 Å². The highest BCUT2D eigenvalue weighted by Gasteiger charge is 2.22. The van der Waals surface area contributed by atoms with E-state index in [-0.39, 0.29) is 0 Å². The van der Waals surface area contributed by atoms with Crippen LogP contribution >= 0.6 is 0 Å². The molecule has 1 atom stereocenters. The summed E-state index contributed by atoms with van der Waals surface area (Å²) in [6.45, 7) is 4.03. The molecule has 0 aliphatic carbocycles. The second kappa shape index (κ2) is 11.5. The third kappa shape index (κ3) is 5.44. The van der Waals surface area contributed by atoms with E-state index in [9.17, 15) is 0 Å². The Kier molecular flexibility index (Phi) is 6.92. The summed E-state index contributed by atoms with van der Waals surface area (Å²) in [7, 11) is 0. The lowest BCUT2D eigenvalue weighted by Crippen LogP contribution is -2.36. The molecule has 8 rings (SSSR count). The standard InChI is InChI=1S/C41H31N5/c1-26-9-7-15-37(42-26)34-23-35(38-16-8-10-27(2)43-38)25-36(24-34)41-45-39(32-19-17-28-11-3-5-13-30(28)21-32)44-40(46-41)33-20-18-29-12-4-6-14-31(29)22-33/h3-25,39H,1-2H3,(H,44,45,46).